The van der Waals surface area contributed by atoms with Crippen molar-refractivity contribution >= 4 is 33.4 Å². The third kappa shape index (κ3) is 4.59. The maximum atomic E-state index is 14.9. The second-order valence-electron chi connectivity index (χ2n) is 8.97. The number of hydrogen-bond acceptors (Lipinski definition) is 6. The van der Waals surface area contributed by atoms with Crippen molar-refractivity contribution in [2.45, 2.75) is 6.54 Å². The van der Waals surface area contributed by atoms with Gasteiger partial charge in [-0.2, -0.15) is 0 Å². The molecule has 0 atom stereocenters. The van der Waals surface area contributed by atoms with Crippen LogP contribution in [0.25, 0.3) is 44.2 Å². The van der Waals surface area contributed by atoms with Crippen molar-refractivity contribution in [1.29, 1.82) is 0 Å². The fraction of sp³-hybridized carbons (Fsp3) is 0.214. The second kappa shape index (κ2) is 9.97. The van der Waals surface area contributed by atoms with E-state index in [9.17, 15) is 9.18 Å². The van der Waals surface area contributed by atoms with E-state index < -0.39 is 5.82 Å². The van der Waals surface area contributed by atoms with Crippen molar-refractivity contribution in [2.75, 3.05) is 32.8 Å². The molecule has 9 heteroatoms. The Morgan fingerprint density at radius 2 is 1.81 bits per heavy atom. The lowest BCUT2D eigenvalue weighted by Gasteiger charge is -2.26. The third-order valence-electron chi connectivity index (χ3n) is 6.73. The Morgan fingerprint density at radius 3 is 2.68 bits per heavy atom. The highest BCUT2D eigenvalue weighted by Gasteiger charge is 2.18. The highest BCUT2D eigenvalue weighted by Crippen LogP contribution is 2.35. The van der Waals surface area contributed by atoms with Crippen LogP contribution in [0.15, 0.2) is 72.0 Å². The molecule has 37 heavy (non-hydrogen) atoms. The number of morpholine rings is 1. The maximum Gasteiger partial charge on any atom is 0.260 e. The zero-order valence-corrected chi connectivity index (χ0v) is 20.7. The van der Waals surface area contributed by atoms with E-state index in [1.54, 1.807) is 29.2 Å². The van der Waals surface area contributed by atoms with Gasteiger partial charge in [-0.05, 0) is 53.4 Å². The number of rotatable bonds is 5. The normalized spacial score (nSPS) is 14.4. The fourth-order valence-corrected chi connectivity index (χ4v) is 4.98. The van der Waals surface area contributed by atoms with Gasteiger partial charge in [-0.15, -0.1) is 0 Å². The molecule has 0 amide bonds. The molecule has 1 saturated heterocycles. The number of benzene rings is 1. The molecular weight excluding hydrogens is 493 g/mol. The predicted octanol–water partition coefficient (Wildman–Crippen LogP) is 4.80. The molecule has 0 spiro atoms. The highest BCUT2D eigenvalue weighted by atomic mass is 35.5. The summed E-state index contributed by atoms with van der Waals surface area (Å²) in [4.78, 5) is 29.0. The lowest BCUT2D eigenvalue weighted by molar-refractivity contribution is 0.0363. The molecule has 6 rings (SSSR count). The average molecular weight is 516 g/mol. The Hall–Kier alpha value is -3.72. The predicted molar refractivity (Wildman–Crippen MR) is 142 cm³/mol. The first-order chi connectivity index (χ1) is 18.1. The van der Waals surface area contributed by atoms with Crippen LogP contribution in [-0.2, 0) is 11.3 Å². The smallest absolute Gasteiger partial charge is 0.260 e. The van der Waals surface area contributed by atoms with E-state index in [0.717, 1.165) is 41.5 Å². The average Bonchev–Trinajstić information content (AvgIpc) is 2.94. The molecule has 1 aliphatic heterocycles. The summed E-state index contributed by atoms with van der Waals surface area (Å²) in [6.45, 7) is 4.32. The van der Waals surface area contributed by atoms with Gasteiger partial charge in [0.2, 0.25) is 0 Å². The summed E-state index contributed by atoms with van der Waals surface area (Å²) in [5, 5.41) is 2.49. The van der Waals surface area contributed by atoms with Crippen LogP contribution in [0.4, 0.5) is 4.39 Å². The molecule has 186 valence electrons. The Labute approximate surface area is 217 Å². The van der Waals surface area contributed by atoms with Gasteiger partial charge in [0.15, 0.2) is 5.65 Å². The van der Waals surface area contributed by atoms with Crippen LogP contribution >= 0.6 is 11.6 Å². The van der Waals surface area contributed by atoms with Crippen molar-refractivity contribution in [2.24, 2.45) is 0 Å². The van der Waals surface area contributed by atoms with Crippen LogP contribution in [0, 0.1) is 5.82 Å². The third-order valence-corrected chi connectivity index (χ3v) is 6.96. The summed E-state index contributed by atoms with van der Waals surface area (Å²) < 4.78 is 22.0. The summed E-state index contributed by atoms with van der Waals surface area (Å²) in [6, 6.07) is 11.8. The standard InChI is InChI=1S/C28H23ClFN5O2/c29-18-3-4-25(30)22(14-18)26-15-21(20-2-1-6-32-27(20)33-26)24-17-35(9-8-34-10-12-37-13-11-34)28(36)23-16-31-7-5-19(23)24/h1-7,14-17H,8-13H2. The molecule has 0 saturated carbocycles. The molecule has 0 aliphatic carbocycles. The molecule has 5 heterocycles. The van der Waals surface area contributed by atoms with Crippen LogP contribution in [0.1, 0.15) is 0 Å². The summed E-state index contributed by atoms with van der Waals surface area (Å²) >= 11 is 6.19. The molecule has 0 N–H and O–H groups in total. The summed E-state index contributed by atoms with van der Waals surface area (Å²) in [7, 11) is 0. The van der Waals surface area contributed by atoms with Crippen molar-refractivity contribution in [3.63, 3.8) is 0 Å². The molecule has 0 radical (unpaired) electrons. The van der Waals surface area contributed by atoms with Crippen molar-refractivity contribution in [1.82, 2.24) is 24.4 Å². The van der Waals surface area contributed by atoms with Crippen LogP contribution in [0.5, 0.6) is 0 Å². The quantitative estimate of drug-likeness (QED) is 0.335. The van der Waals surface area contributed by atoms with Gasteiger partial charge in [-0.25, -0.2) is 14.4 Å². The van der Waals surface area contributed by atoms with E-state index in [-0.39, 0.29) is 11.1 Å². The molecule has 4 aromatic heterocycles. The van der Waals surface area contributed by atoms with Crippen LogP contribution in [-0.4, -0.2) is 57.3 Å². The lowest BCUT2D eigenvalue weighted by Crippen LogP contribution is -2.39. The van der Waals surface area contributed by atoms with Crippen LogP contribution in [0.2, 0.25) is 5.02 Å². The molecule has 0 unspecified atom stereocenters. The minimum Gasteiger partial charge on any atom is -0.379 e. The van der Waals surface area contributed by atoms with E-state index in [4.69, 9.17) is 16.3 Å². The minimum atomic E-state index is -0.428. The largest absolute Gasteiger partial charge is 0.379 e. The van der Waals surface area contributed by atoms with E-state index in [1.807, 2.05) is 30.5 Å². The highest BCUT2D eigenvalue weighted by molar-refractivity contribution is 6.30. The summed E-state index contributed by atoms with van der Waals surface area (Å²) in [5.41, 5.74) is 2.69. The first kappa shape index (κ1) is 23.7. The Kier molecular flexibility index (Phi) is 6.38. The Bertz CT molecular complexity index is 1680. The van der Waals surface area contributed by atoms with Gasteiger partial charge in [0, 0.05) is 72.5 Å². The molecule has 1 aliphatic rings. The minimum absolute atomic E-state index is 0.0993. The Balaban J connectivity index is 1.56. The Morgan fingerprint density at radius 1 is 0.946 bits per heavy atom. The number of halogens is 2. The summed E-state index contributed by atoms with van der Waals surface area (Å²) in [6.07, 6.45) is 6.81. The molecule has 0 bridgehead atoms. The SMILES string of the molecule is O=c1c2cnccc2c(-c2cc(-c3cc(Cl)ccc3F)nc3ncccc23)cn1CCN1CCOCC1. The van der Waals surface area contributed by atoms with E-state index in [0.29, 0.717) is 41.5 Å². The first-order valence-corrected chi connectivity index (χ1v) is 12.4. The fourth-order valence-electron chi connectivity index (χ4n) is 4.80. The van der Waals surface area contributed by atoms with Gasteiger partial charge < -0.3 is 9.30 Å². The van der Waals surface area contributed by atoms with Crippen LogP contribution < -0.4 is 5.56 Å². The van der Waals surface area contributed by atoms with Crippen molar-refractivity contribution < 1.29 is 9.13 Å². The van der Waals surface area contributed by atoms with Crippen molar-refractivity contribution in [3.8, 4) is 22.4 Å². The van der Waals surface area contributed by atoms with Gasteiger partial charge in [0.25, 0.3) is 5.56 Å². The number of ether oxygens (including phenoxy) is 1. The van der Waals surface area contributed by atoms with Gasteiger partial charge in [0.05, 0.1) is 24.3 Å². The molecule has 7 nitrogen and oxygen atoms in total. The van der Waals surface area contributed by atoms with Gasteiger partial charge >= 0.3 is 0 Å². The zero-order valence-electron chi connectivity index (χ0n) is 19.9. The number of aromatic nitrogens is 4. The van der Waals surface area contributed by atoms with Crippen LogP contribution in [0.3, 0.4) is 0 Å². The molecule has 1 fully saturated rings. The first-order valence-electron chi connectivity index (χ1n) is 12.1. The van der Waals surface area contributed by atoms with Gasteiger partial charge in [0.1, 0.15) is 5.82 Å². The number of hydrogen-bond donors (Lipinski definition) is 0. The van der Waals surface area contributed by atoms with Gasteiger partial charge in [-0.1, -0.05) is 11.6 Å². The second-order valence-corrected chi connectivity index (χ2v) is 9.41. The zero-order chi connectivity index (χ0) is 25.4. The van der Waals surface area contributed by atoms with Crippen molar-refractivity contribution in [3.05, 3.63) is 88.4 Å². The molecule has 1 aromatic carbocycles. The monoisotopic (exact) mass is 515 g/mol. The lowest BCUT2D eigenvalue weighted by atomic mass is 9.97. The number of pyridine rings is 4. The summed E-state index contributed by atoms with van der Waals surface area (Å²) in [5.74, 6) is -0.428. The van der Waals surface area contributed by atoms with Gasteiger partial charge in [-0.3, -0.25) is 14.7 Å². The maximum absolute atomic E-state index is 14.9. The molecular formula is C28H23ClFN5O2. The molecule has 5 aromatic rings. The topological polar surface area (TPSA) is 73.1 Å². The van der Waals surface area contributed by atoms with E-state index in [2.05, 4.69) is 19.9 Å². The number of fused-ring (bicyclic) bond motifs is 2. The van der Waals surface area contributed by atoms with E-state index in [1.165, 1.54) is 12.1 Å². The van der Waals surface area contributed by atoms with E-state index >= 15 is 0 Å². The number of nitrogens with zero attached hydrogens (tertiary/aromatic N) is 5.